The van der Waals surface area contributed by atoms with Crippen molar-refractivity contribution < 1.29 is 13.6 Å². The van der Waals surface area contributed by atoms with Crippen LogP contribution in [0.5, 0.6) is 0 Å². The van der Waals surface area contributed by atoms with Gasteiger partial charge in [-0.1, -0.05) is 23.8 Å². The Hall–Kier alpha value is -2.23. The van der Waals surface area contributed by atoms with Gasteiger partial charge in [-0.25, -0.2) is 8.78 Å². The van der Waals surface area contributed by atoms with Crippen molar-refractivity contribution in [1.29, 1.82) is 0 Å². The molecule has 4 heteroatoms. The number of rotatable bonds is 3. The fraction of sp³-hybridized carbons (Fsp3) is 0.188. The topological polar surface area (TPSA) is 29.1 Å². The molecule has 2 aromatic carbocycles. The summed E-state index contributed by atoms with van der Waals surface area (Å²) < 4.78 is 26.2. The zero-order valence-electron chi connectivity index (χ0n) is 11.3. The first-order valence-electron chi connectivity index (χ1n) is 6.27. The van der Waals surface area contributed by atoms with E-state index in [4.69, 9.17) is 0 Å². The van der Waals surface area contributed by atoms with Crippen molar-refractivity contribution in [3.8, 4) is 0 Å². The normalized spacial score (nSPS) is 10.4. The maximum Gasteiger partial charge on any atom is 0.228 e. The zero-order valence-corrected chi connectivity index (χ0v) is 11.3. The number of carbonyl (C=O) groups is 1. The molecule has 0 bridgehead atoms. The average molecular weight is 275 g/mol. The smallest absolute Gasteiger partial charge is 0.228 e. The Kier molecular flexibility index (Phi) is 4.13. The van der Waals surface area contributed by atoms with Crippen molar-refractivity contribution in [3.05, 3.63) is 64.7 Å². The van der Waals surface area contributed by atoms with Crippen molar-refractivity contribution in [1.82, 2.24) is 0 Å². The number of amides is 1. The molecule has 0 heterocycles. The summed E-state index contributed by atoms with van der Waals surface area (Å²) in [5.74, 6) is -1.78. The molecule has 0 aromatic heterocycles. The number of hydrogen-bond donors (Lipinski definition) is 1. The summed E-state index contributed by atoms with van der Waals surface area (Å²) >= 11 is 0. The molecule has 0 fully saturated rings. The first-order valence-corrected chi connectivity index (χ1v) is 6.27. The molecule has 0 saturated carbocycles. The highest BCUT2D eigenvalue weighted by atomic mass is 19.1. The van der Waals surface area contributed by atoms with Crippen molar-refractivity contribution in [2.45, 2.75) is 20.3 Å². The van der Waals surface area contributed by atoms with Crippen LogP contribution in [0.1, 0.15) is 16.7 Å². The summed E-state index contributed by atoms with van der Waals surface area (Å²) in [6, 6.07) is 8.85. The van der Waals surface area contributed by atoms with E-state index in [1.807, 2.05) is 32.0 Å². The van der Waals surface area contributed by atoms with Gasteiger partial charge in [0.25, 0.3) is 0 Å². The summed E-state index contributed by atoms with van der Waals surface area (Å²) in [6.07, 6.45) is 0.156. The van der Waals surface area contributed by atoms with Gasteiger partial charge in [0.05, 0.1) is 12.1 Å². The van der Waals surface area contributed by atoms with Crippen LogP contribution in [0.15, 0.2) is 36.4 Å². The molecule has 1 amide bonds. The maximum atomic E-state index is 13.4. The molecule has 0 radical (unpaired) electrons. The maximum absolute atomic E-state index is 13.4. The molecule has 104 valence electrons. The van der Waals surface area contributed by atoms with Crippen LogP contribution < -0.4 is 5.32 Å². The van der Waals surface area contributed by atoms with Gasteiger partial charge in [0.1, 0.15) is 11.6 Å². The average Bonchev–Trinajstić information content (AvgIpc) is 2.36. The SMILES string of the molecule is Cc1ccc(CC(=O)Nc2ccc(F)cc2F)c(C)c1. The molecule has 0 aliphatic rings. The molecule has 0 aliphatic carbocycles. The summed E-state index contributed by atoms with van der Waals surface area (Å²) in [6.45, 7) is 3.90. The van der Waals surface area contributed by atoms with Crippen LogP contribution in [-0.2, 0) is 11.2 Å². The number of benzene rings is 2. The van der Waals surface area contributed by atoms with Crippen molar-refractivity contribution in [2.24, 2.45) is 0 Å². The Morgan fingerprint density at radius 3 is 2.50 bits per heavy atom. The van der Waals surface area contributed by atoms with Gasteiger partial charge >= 0.3 is 0 Å². The summed E-state index contributed by atoms with van der Waals surface area (Å²) in [7, 11) is 0. The number of anilines is 1. The number of carbonyl (C=O) groups excluding carboxylic acids is 1. The van der Waals surface area contributed by atoms with Crippen LogP contribution in [0, 0.1) is 25.5 Å². The van der Waals surface area contributed by atoms with E-state index < -0.39 is 11.6 Å². The van der Waals surface area contributed by atoms with E-state index in [0.29, 0.717) is 0 Å². The summed E-state index contributed by atoms with van der Waals surface area (Å²) in [5.41, 5.74) is 3.01. The molecule has 0 atom stereocenters. The number of halogens is 2. The van der Waals surface area contributed by atoms with Crippen LogP contribution >= 0.6 is 0 Å². The Morgan fingerprint density at radius 2 is 1.85 bits per heavy atom. The van der Waals surface area contributed by atoms with Gasteiger partial charge in [-0.3, -0.25) is 4.79 Å². The fourth-order valence-electron chi connectivity index (χ4n) is 2.00. The molecule has 1 N–H and O–H groups in total. The lowest BCUT2D eigenvalue weighted by Gasteiger charge is -2.09. The van der Waals surface area contributed by atoms with E-state index in [0.717, 1.165) is 28.8 Å². The minimum atomic E-state index is -0.779. The highest BCUT2D eigenvalue weighted by molar-refractivity contribution is 5.92. The van der Waals surface area contributed by atoms with Gasteiger partial charge in [0.2, 0.25) is 5.91 Å². The number of nitrogens with one attached hydrogen (secondary N) is 1. The predicted octanol–water partition coefficient (Wildman–Crippen LogP) is 3.76. The lowest BCUT2D eigenvalue weighted by atomic mass is 10.0. The monoisotopic (exact) mass is 275 g/mol. The van der Waals surface area contributed by atoms with Crippen LogP contribution in [0.2, 0.25) is 0 Å². The van der Waals surface area contributed by atoms with Gasteiger partial charge in [-0.05, 0) is 37.1 Å². The molecular weight excluding hydrogens is 260 g/mol. The Labute approximate surface area is 116 Å². The third-order valence-corrected chi connectivity index (χ3v) is 3.05. The Bertz CT molecular complexity index is 597. The first-order chi connectivity index (χ1) is 9.45. The van der Waals surface area contributed by atoms with E-state index in [-0.39, 0.29) is 18.0 Å². The van der Waals surface area contributed by atoms with Crippen molar-refractivity contribution >= 4 is 11.6 Å². The molecule has 0 aliphatic heterocycles. The lowest BCUT2D eigenvalue weighted by molar-refractivity contribution is -0.115. The summed E-state index contributed by atoms with van der Waals surface area (Å²) in [5, 5.41) is 2.45. The number of aryl methyl sites for hydroxylation is 2. The van der Waals surface area contributed by atoms with Gasteiger partial charge < -0.3 is 5.32 Å². The van der Waals surface area contributed by atoms with Crippen LogP contribution in [0.4, 0.5) is 14.5 Å². The van der Waals surface area contributed by atoms with Crippen LogP contribution in [0.3, 0.4) is 0 Å². The minimum Gasteiger partial charge on any atom is -0.323 e. The first kappa shape index (κ1) is 14.2. The van der Waals surface area contributed by atoms with E-state index in [1.165, 1.54) is 6.07 Å². The molecule has 0 spiro atoms. The standard InChI is InChI=1S/C16H15F2NO/c1-10-3-4-12(11(2)7-10)8-16(20)19-15-6-5-13(17)9-14(15)18/h3-7,9H,8H2,1-2H3,(H,19,20). The van der Waals surface area contributed by atoms with E-state index >= 15 is 0 Å². The Morgan fingerprint density at radius 1 is 1.10 bits per heavy atom. The highest BCUT2D eigenvalue weighted by Gasteiger charge is 2.10. The molecule has 0 saturated heterocycles. The quantitative estimate of drug-likeness (QED) is 0.907. The Balaban J connectivity index is 2.09. The van der Waals surface area contributed by atoms with E-state index in [9.17, 15) is 13.6 Å². The van der Waals surface area contributed by atoms with Crippen molar-refractivity contribution in [2.75, 3.05) is 5.32 Å². The van der Waals surface area contributed by atoms with E-state index in [1.54, 1.807) is 0 Å². The van der Waals surface area contributed by atoms with Crippen molar-refractivity contribution in [3.63, 3.8) is 0 Å². The second kappa shape index (κ2) is 5.82. The minimum absolute atomic E-state index is 0.0128. The largest absolute Gasteiger partial charge is 0.323 e. The van der Waals surface area contributed by atoms with E-state index in [2.05, 4.69) is 5.32 Å². The third-order valence-electron chi connectivity index (χ3n) is 3.05. The highest BCUT2D eigenvalue weighted by Crippen LogP contribution is 2.16. The van der Waals surface area contributed by atoms with Crippen LogP contribution in [0.25, 0.3) is 0 Å². The van der Waals surface area contributed by atoms with Gasteiger partial charge in [0, 0.05) is 6.07 Å². The second-order valence-corrected chi connectivity index (χ2v) is 4.78. The number of hydrogen-bond acceptors (Lipinski definition) is 1. The molecular formula is C16H15F2NO. The molecule has 0 unspecified atom stereocenters. The summed E-state index contributed by atoms with van der Waals surface area (Å²) in [4.78, 5) is 11.9. The second-order valence-electron chi connectivity index (χ2n) is 4.78. The zero-order chi connectivity index (χ0) is 14.7. The molecule has 2 rings (SSSR count). The predicted molar refractivity (Wildman–Crippen MR) is 74.6 cm³/mol. The fourth-order valence-corrected chi connectivity index (χ4v) is 2.00. The van der Waals surface area contributed by atoms with Gasteiger partial charge in [-0.15, -0.1) is 0 Å². The molecule has 20 heavy (non-hydrogen) atoms. The molecule has 2 nitrogen and oxygen atoms in total. The van der Waals surface area contributed by atoms with Gasteiger partial charge in [0.15, 0.2) is 0 Å². The lowest BCUT2D eigenvalue weighted by Crippen LogP contribution is -2.16. The molecule has 2 aromatic rings. The van der Waals surface area contributed by atoms with Crippen LogP contribution in [-0.4, -0.2) is 5.91 Å². The third kappa shape index (κ3) is 3.41. The van der Waals surface area contributed by atoms with Gasteiger partial charge in [-0.2, -0.15) is 0 Å².